The van der Waals surface area contributed by atoms with Gasteiger partial charge in [0.25, 0.3) is 0 Å². The average Bonchev–Trinajstić information content (AvgIpc) is 2.72. The molecule has 0 bridgehead atoms. The Bertz CT molecular complexity index is 860. The van der Waals surface area contributed by atoms with Crippen LogP contribution in [0, 0.1) is 5.92 Å². The Hall–Kier alpha value is -3.06. The Labute approximate surface area is 189 Å². The van der Waals surface area contributed by atoms with Gasteiger partial charge in [-0.05, 0) is 63.3 Å². The highest BCUT2D eigenvalue weighted by Crippen LogP contribution is 2.20. The van der Waals surface area contributed by atoms with Gasteiger partial charge in [-0.25, -0.2) is 4.79 Å². The third-order valence-electron chi connectivity index (χ3n) is 4.98. The summed E-state index contributed by atoms with van der Waals surface area (Å²) in [5.74, 6) is -1.10. The summed E-state index contributed by atoms with van der Waals surface area (Å²) >= 11 is 0. The Morgan fingerprint density at radius 3 is 2.09 bits per heavy atom. The number of aliphatic hydroxyl groups excluding tert-OH is 1. The lowest BCUT2D eigenvalue weighted by Crippen LogP contribution is -2.47. The zero-order valence-corrected chi connectivity index (χ0v) is 19.1. The van der Waals surface area contributed by atoms with Crippen molar-refractivity contribution in [1.29, 1.82) is 0 Å². The molecule has 174 valence electrons. The molecule has 2 aromatic rings. The Kier molecular flexibility index (Phi) is 9.08. The van der Waals surface area contributed by atoms with Crippen LogP contribution in [0.5, 0.6) is 5.75 Å². The molecule has 0 spiro atoms. The highest BCUT2D eigenvalue weighted by molar-refractivity contribution is 5.70. The lowest BCUT2D eigenvalue weighted by molar-refractivity contribution is -0.143. The molecule has 0 aromatic heterocycles. The number of carboxylic acid groups (broad SMARTS) is 1. The molecule has 3 atom stereocenters. The summed E-state index contributed by atoms with van der Waals surface area (Å²) in [4.78, 5) is 24.3. The first-order chi connectivity index (χ1) is 15.1. The second kappa shape index (κ2) is 11.5. The second-order valence-corrected chi connectivity index (χ2v) is 8.83. The van der Waals surface area contributed by atoms with E-state index in [4.69, 9.17) is 9.47 Å². The van der Waals surface area contributed by atoms with Gasteiger partial charge in [0.1, 0.15) is 11.4 Å². The molecule has 3 N–H and O–H groups in total. The summed E-state index contributed by atoms with van der Waals surface area (Å²) in [6, 6.07) is 15.8. The lowest BCUT2D eigenvalue weighted by Gasteiger charge is -2.28. The molecular formula is C25H33NO6. The molecule has 7 nitrogen and oxygen atoms in total. The van der Waals surface area contributed by atoms with Crippen LogP contribution in [-0.4, -0.2) is 47.1 Å². The number of carboxylic acids is 1. The summed E-state index contributed by atoms with van der Waals surface area (Å²) in [6.45, 7) is 5.26. The molecule has 0 radical (unpaired) electrons. The van der Waals surface area contributed by atoms with E-state index in [1.54, 1.807) is 40.0 Å². The maximum absolute atomic E-state index is 12.4. The van der Waals surface area contributed by atoms with Gasteiger partial charge in [-0.1, -0.05) is 42.5 Å². The number of alkyl carbamates (subject to hydrolysis) is 1. The Balaban J connectivity index is 2.16. The molecule has 0 heterocycles. The monoisotopic (exact) mass is 443 g/mol. The first-order valence-electron chi connectivity index (χ1n) is 10.6. The molecular weight excluding hydrogens is 410 g/mol. The smallest absolute Gasteiger partial charge is 0.407 e. The normalized spacial score (nSPS) is 14.2. The average molecular weight is 444 g/mol. The Morgan fingerprint density at radius 2 is 1.56 bits per heavy atom. The minimum absolute atomic E-state index is 0.0130. The standard InChI is InChI=1S/C25H33NO6/c1-25(2,3)32-24(30)26-21(15-18-10-12-20(31-4)13-11-18)22(27)16-19(23(28)29)14-17-8-6-5-7-9-17/h5-13,19,21-22,27H,14-16H2,1-4H3,(H,26,30)(H,28,29)/t19-,21+,22+/m1/s1. The van der Waals surface area contributed by atoms with Gasteiger partial charge < -0.3 is 25.0 Å². The van der Waals surface area contributed by atoms with Gasteiger partial charge in [0, 0.05) is 0 Å². The van der Waals surface area contributed by atoms with Crippen LogP contribution in [0.2, 0.25) is 0 Å². The molecule has 0 aliphatic rings. The van der Waals surface area contributed by atoms with E-state index in [0.717, 1.165) is 11.1 Å². The number of ether oxygens (including phenoxy) is 2. The summed E-state index contributed by atoms with van der Waals surface area (Å²) in [6.07, 6.45) is -1.17. The summed E-state index contributed by atoms with van der Waals surface area (Å²) in [7, 11) is 1.57. The number of rotatable bonds is 10. The summed E-state index contributed by atoms with van der Waals surface area (Å²) < 4.78 is 10.5. The van der Waals surface area contributed by atoms with Gasteiger partial charge in [0.05, 0.1) is 25.2 Å². The summed E-state index contributed by atoms with van der Waals surface area (Å²) in [5.41, 5.74) is 1.04. The number of methoxy groups -OCH3 is 1. The molecule has 2 rings (SSSR count). The fraction of sp³-hybridized carbons (Fsp3) is 0.440. The number of amides is 1. The van der Waals surface area contributed by atoms with Crippen LogP contribution in [0.1, 0.15) is 38.3 Å². The van der Waals surface area contributed by atoms with Gasteiger partial charge >= 0.3 is 12.1 Å². The van der Waals surface area contributed by atoms with Crippen molar-refractivity contribution in [3.63, 3.8) is 0 Å². The van der Waals surface area contributed by atoms with E-state index >= 15 is 0 Å². The highest BCUT2D eigenvalue weighted by Gasteiger charge is 2.29. The molecule has 32 heavy (non-hydrogen) atoms. The van der Waals surface area contributed by atoms with E-state index < -0.39 is 35.7 Å². The van der Waals surface area contributed by atoms with Gasteiger partial charge in [-0.3, -0.25) is 4.79 Å². The minimum Gasteiger partial charge on any atom is -0.497 e. The van der Waals surface area contributed by atoms with E-state index in [9.17, 15) is 19.8 Å². The van der Waals surface area contributed by atoms with Crippen LogP contribution in [0.15, 0.2) is 54.6 Å². The van der Waals surface area contributed by atoms with Crippen molar-refractivity contribution in [2.45, 2.75) is 57.8 Å². The molecule has 0 aliphatic carbocycles. The third kappa shape index (κ3) is 8.59. The van der Waals surface area contributed by atoms with Crippen molar-refractivity contribution in [2.75, 3.05) is 7.11 Å². The first kappa shape index (κ1) is 25.2. The largest absolute Gasteiger partial charge is 0.497 e. The van der Waals surface area contributed by atoms with Crippen molar-refractivity contribution in [3.05, 3.63) is 65.7 Å². The number of hydrogen-bond acceptors (Lipinski definition) is 5. The minimum atomic E-state index is -1.09. The maximum atomic E-state index is 12.4. The predicted octanol–water partition coefficient (Wildman–Crippen LogP) is 3.83. The van der Waals surface area contributed by atoms with Crippen molar-refractivity contribution in [2.24, 2.45) is 5.92 Å². The van der Waals surface area contributed by atoms with E-state index in [-0.39, 0.29) is 12.8 Å². The SMILES string of the molecule is COc1ccc(C[C@H](NC(=O)OC(C)(C)C)[C@@H](O)C[C@@H](Cc2ccccc2)C(=O)O)cc1. The van der Waals surface area contributed by atoms with E-state index in [0.29, 0.717) is 12.2 Å². The van der Waals surface area contributed by atoms with E-state index in [1.807, 2.05) is 42.5 Å². The molecule has 1 amide bonds. The van der Waals surface area contributed by atoms with Crippen LogP contribution < -0.4 is 10.1 Å². The number of nitrogens with one attached hydrogen (secondary N) is 1. The van der Waals surface area contributed by atoms with Crippen molar-refractivity contribution in [3.8, 4) is 5.75 Å². The Morgan fingerprint density at radius 1 is 0.969 bits per heavy atom. The van der Waals surface area contributed by atoms with Crippen molar-refractivity contribution < 1.29 is 29.3 Å². The van der Waals surface area contributed by atoms with Crippen molar-refractivity contribution in [1.82, 2.24) is 5.32 Å². The van der Waals surface area contributed by atoms with Gasteiger partial charge in [-0.15, -0.1) is 0 Å². The quantitative estimate of drug-likeness (QED) is 0.516. The molecule has 7 heteroatoms. The van der Waals surface area contributed by atoms with E-state index in [1.165, 1.54) is 0 Å². The van der Waals surface area contributed by atoms with Gasteiger partial charge in [0.2, 0.25) is 0 Å². The molecule has 0 saturated heterocycles. The van der Waals surface area contributed by atoms with Crippen LogP contribution in [-0.2, 0) is 22.4 Å². The molecule has 0 saturated carbocycles. The predicted molar refractivity (Wildman–Crippen MR) is 122 cm³/mol. The first-order valence-corrected chi connectivity index (χ1v) is 10.6. The molecule has 0 fully saturated rings. The number of carbonyl (C=O) groups is 2. The van der Waals surface area contributed by atoms with Gasteiger partial charge in [-0.2, -0.15) is 0 Å². The topological polar surface area (TPSA) is 105 Å². The van der Waals surface area contributed by atoms with Crippen LogP contribution in [0.3, 0.4) is 0 Å². The zero-order chi connectivity index (χ0) is 23.7. The number of carbonyl (C=O) groups excluding carboxylic acids is 1. The second-order valence-electron chi connectivity index (χ2n) is 8.83. The number of aliphatic carboxylic acids is 1. The van der Waals surface area contributed by atoms with Crippen LogP contribution in [0.25, 0.3) is 0 Å². The number of aliphatic hydroxyl groups is 1. The van der Waals surface area contributed by atoms with E-state index in [2.05, 4.69) is 5.32 Å². The molecule has 0 unspecified atom stereocenters. The highest BCUT2D eigenvalue weighted by atomic mass is 16.6. The maximum Gasteiger partial charge on any atom is 0.407 e. The van der Waals surface area contributed by atoms with Crippen LogP contribution in [0.4, 0.5) is 4.79 Å². The zero-order valence-electron chi connectivity index (χ0n) is 19.1. The van der Waals surface area contributed by atoms with Crippen LogP contribution >= 0.6 is 0 Å². The number of hydrogen-bond donors (Lipinski definition) is 3. The number of benzene rings is 2. The fourth-order valence-electron chi connectivity index (χ4n) is 3.38. The van der Waals surface area contributed by atoms with Gasteiger partial charge in [0.15, 0.2) is 0 Å². The molecule has 2 aromatic carbocycles. The fourth-order valence-corrected chi connectivity index (χ4v) is 3.38. The molecule has 0 aliphatic heterocycles. The lowest BCUT2D eigenvalue weighted by atomic mass is 9.89. The van der Waals surface area contributed by atoms with Crippen molar-refractivity contribution >= 4 is 12.1 Å². The third-order valence-corrected chi connectivity index (χ3v) is 4.98. The summed E-state index contributed by atoms with van der Waals surface area (Å²) in [5, 5.41) is 23.4.